The number of ether oxygens (including phenoxy) is 3. The number of fused-ring (bicyclic) bond motifs is 3. The molecule has 3 aliphatic heterocycles. The lowest BCUT2D eigenvalue weighted by molar-refractivity contribution is -0.142. The van der Waals surface area contributed by atoms with Crippen LogP contribution in [0.3, 0.4) is 0 Å². The topological polar surface area (TPSA) is 123 Å². The first-order valence-corrected chi connectivity index (χ1v) is 11.1. The van der Waals surface area contributed by atoms with E-state index in [1.807, 2.05) is 19.0 Å². The van der Waals surface area contributed by atoms with Gasteiger partial charge in [0.05, 0.1) is 42.0 Å². The van der Waals surface area contributed by atoms with Gasteiger partial charge in [0.25, 0.3) is 0 Å². The van der Waals surface area contributed by atoms with E-state index in [4.69, 9.17) is 14.2 Å². The Morgan fingerprint density at radius 1 is 1.03 bits per heavy atom. The largest absolute Gasteiger partial charge is 0.507 e. The summed E-state index contributed by atoms with van der Waals surface area (Å²) in [5, 5.41) is 21.7. The zero-order valence-electron chi connectivity index (χ0n) is 18.9. The number of phenolic OH excluding ortho intramolecular Hbond substituents is 1. The van der Waals surface area contributed by atoms with Crippen LogP contribution in [0.5, 0.6) is 5.75 Å². The van der Waals surface area contributed by atoms with Crippen LogP contribution >= 0.6 is 0 Å². The molecule has 1 aromatic rings. The molecule has 0 unspecified atom stereocenters. The summed E-state index contributed by atoms with van der Waals surface area (Å²) in [4.78, 5) is 40.7. The van der Waals surface area contributed by atoms with E-state index >= 15 is 0 Å². The molecule has 9 heteroatoms. The first kappa shape index (κ1) is 22.2. The number of aliphatic hydroxyl groups excluding tert-OH is 1. The minimum Gasteiger partial charge on any atom is -0.507 e. The number of hydrogen-bond acceptors (Lipinski definition) is 9. The Morgan fingerprint density at radius 2 is 1.76 bits per heavy atom. The molecule has 1 aromatic carbocycles. The van der Waals surface area contributed by atoms with Crippen LogP contribution in [0.25, 0.3) is 0 Å². The normalized spacial score (nSPS) is 35.9. The molecule has 5 rings (SSSR count). The van der Waals surface area contributed by atoms with E-state index in [1.165, 1.54) is 6.07 Å². The van der Waals surface area contributed by atoms with Crippen LogP contribution in [-0.4, -0.2) is 83.3 Å². The van der Waals surface area contributed by atoms with E-state index in [1.54, 1.807) is 19.9 Å². The van der Waals surface area contributed by atoms with Crippen molar-refractivity contribution < 1.29 is 38.8 Å². The van der Waals surface area contributed by atoms with Crippen molar-refractivity contribution in [3.63, 3.8) is 0 Å². The highest BCUT2D eigenvalue weighted by molar-refractivity contribution is 6.29. The lowest BCUT2D eigenvalue weighted by Crippen LogP contribution is -2.50. The maximum Gasteiger partial charge on any atom is 0.309 e. The number of esters is 1. The highest BCUT2D eigenvalue weighted by Crippen LogP contribution is 2.45. The summed E-state index contributed by atoms with van der Waals surface area (Å²) in [6.07, 6.45) is -3.57. The zero-order valence-corrected chi connectivity index (χ0v) is 18.9. The third kappa shape index (κ3) is 3.25. The smallest absolute Gasteiger partial charge is 0.309 e. The third-order valence-electron chi connectivity index (χ3n) is 7.21. The SMILES string of the molecule is C[C@@H]1O[C@H]2CC(=O)O[C@H]2C2=C1C(=O)c1c(ccc([C@H]3C[C@H](N(C)C)[C@H](O)[C@@H](C)O3)c1O)C2=O. The molecule has 3 heterocycles. The number of rotatable bonds is 2. The second-order valence-electron chi connectivity index (χ2n) is 9.43. The van der Waals surface area contributed by atoms with Gasteiger partial charge in [0.2, 0.25) is 0 Å². The molecule has 1 aliphatic carbocycles. The van der Waals surface area contributed by atoms with Gasteiger partial charge in [0.1, 0.15) is 11.9 Å². The summed E-state index contributed by atoms with van der Waals surface area (Å²) in [7, 11) is 3.72. The Kier molecular flexibility index (Phi) is 5.20. The Morgan fingerprint density at radius 3 is 2.45 bits per heavy atom. The number of carbonyl (C=O) groups excluding carboxylic acids is 3. The summed E-state index contributed by atoms with van der Waals surface area (Å²) < 4.78 is 17.1. The molecule has 0 aromatic heterocycles. The zero-order chi connectivity index (χ0) is 23.8. The predicted octanol–water partition coefficient (Wildman–Crippen LogP) is 1.31. The van der Waals surface area contributed by atoms with Crippen molar-refractivity contribution in [2.24, 2.45) is 0 Å². The molecule has 176 valence electrons. The van der Waals surface area contributed by atoms with E-state index < -0.39 is 54.2 Å². The van der Waals surface area contributed by atoms with Gasteiger partial charge < -0.3 is 29.3 Å². The molecule has 2 saturated heterocycles. The summed E-state index contributed by atoms with van der Waals surface area (Å²) in [6.45, 7) is 3.41. The van der Waals surface area contributed by atoms with Crippen molar-refractivity contribution in [3.05, 3.63) is 40.0 Å². The number of Topliss-reactive ketones (excluding diaryl/α,β-unsaturated/α-hetero) is 2. The van der Waals surface area contributed by atoms with Gasteiger partial charge in [-0.05, 0) is 40.4 Å². The standard InChI is InChI=1S/C24H27NO8/c1-9-17-19(24-15(31-9)8-16(26)33-24)22(29)12-6-5-11(21(28)18(12)23(17)30)14-7-13(25(3)4)20(27)10(2)32-14/h5-6,9-10,13-15,20,24,27-28H,7-8H2,1-4H3/t9-,10+,13-,14+,15-,20+,24+/m0/s1. The highest BCUT2D eigenvalue weighted by atomic mass is 16.6. The van der Waals surface area contributed by atoms with E-state index in [2.05, 4.69) is 0 Å². The third-order valence-corrected chi connectivity index (χ3v) is 7.21. The van der Waals surface area contributed by atoms with Gasteiger partial charge >= 0.3 is 5.97 Å². The molecule has 0 radical (unpaired) electrons. The van der Waals surface area contributed by atoms with Crippen LogP contribution in [0, 0.1) is 0 Å². The van der Waals surface area contributed by atoms with E-state index in [9.17, 15) is 24.6 Å². The first-order valence-electron chi connectivity index (χ1n) is 11.1. The van der Waals surface area contributed by atoms with Gasteiger partial charge in [-0.1, -0.05) is 6.07 Å². The molecule has 4 aliphatic rings. The van der Waals surface area contributed by atoms with Gasteiger partial charge in [-0.2, -0.15) is 0 Å². The monoisotopic (exact) mass is 457 g/mol. The van der Waals surface area contributed by atoms with Crippen LogP contribution in [0.4, 0.5) is 0 Å². The molecule has 33 heavy (non-hydrogen) atoms. The Hall–Kier alpha value is -2.59. The molecule has 0 saturated carbocycles. The van der Waals surface area contributed by atoms with Gasteiger partial charge in [0.15, 0.2) is 17.7 Å². The lowest BCUT2D eigenvalue weighted by Gasteiger charge is -2.41. The van der Waals surface area contributed by atoms with Gasteiger partial charge in [-0.25, -0.2) is 0 Å². The molecular weight excluding hydrogens is 430 g/mol. The summed E-state index contributed by atoms with van der Waals surface area (Å²) >= 11 is 0. The molecule has 9 nitrogen and oxygen atoms in total. The van der Waals surface area contributed by atoms with E-state index in [-0.39, 0.29) is 40.5 Å². The quantitative estimate of drug-likeness (QED) is 0.633. The maximum atomic E-state index is 13.5. The molecule has 2 fully saturated rings. The number of carbonyl (C=O) groups is 3. The average molecular weight is 457 g/mol. The van der Waals surface area contributed by atoms with Crippen LogP contribution in [0.15, 0.2) is 23.3 Å². The van der Waals surface area contributed by atoms with Crippen LogP contribution in [0.1, 0.15) is 59.1 Å². The minimum atomic E-state index is -0.917. The van der Waals surface area contributed by atoms with Gasteiger partial charge in [0, 0.05) is 22.7 Å². The molecule has 0 bridgehead atoms. The minimum absolute atomic E-state index is 0.0282. The fourth-order valence-corrected chi connectivity index (χ4v) is 5.51. The number of benzene rings is 1. The number of hydrogen-bond donors (Lipinski definition) is 2. The van der Waals surface area contributed by atoms with Crippen LogP contribution < -0.4 is 0 Å². The van der Waals surface area contributed by atoms with Crippen molar-refractivity contribution >= 4 is 17.5 Å². The molecular formula is C24H27NO8. The number of ketones is 2. The molecule has 0 spiro atoms. The number of likely N-dealkylation sites (N-methyl/N-ethyl adjacent to an activating group) is 1. The Balaban J connectivity index is 1.57. The van der Waals surface area contributed by atoms with Crippen molar-refractivity contribution in [3.8, 4) is 5.75 Å². The molecule has 7 atom stereocenters. The number of phenols is 1. The Bertz CT molecular complexity index is 1090. The number of nitrogens with zero attached hydrogens (tertiary/aromatic N) is 1. The summed E-state index contributed by atoms with van der Waals surface area (Å²) in [6, 6.07) is 2.90. The maximum absolute atomic E-state index is 13.5. The lowest BCUT2D eigenvalue weighted by atomic mass is 9.76. The fraction of sp³-hybridized carbons (Fsp3) is 0.542. The van der Waals surface area contributed by atoms with Crippen molar-refractivity contribution in [1.29, 1.82) is 0 Å². The van der Waals surface area contributed by atoms with Crippen molar-refractivity contribution in [2.45, 2.75) is 69.4 Å². The second kappa shape index (κ2) is 7.73. The number of aliphatic hydroxyl groups is 1. The first-order chi connectivity index (χ1) is 15.6. The average Bonchev–Trinajstić information content (AvgIpc) is 3.12. The fourth-order valence-electron chi connectivity index (χ4n) is 5.51. The van der Waals surface area contributed by atoms with E-state index in [0.29, 0.717) is 12.0 Å². The second-order valence-corrected chi connectivity index (χ2v) is 9.43. The van der Waals surface area contributed by atoms with Crippen molar-refractivity contribution in [1.82, 2.24) is 4.90 Å². The summed E-state index contributed by atoms with van der Waals surface area (Å²) in [5.41, 5.74) is 0.643. The summed E-state index contributed by atoms with van der Waals surface area (Å²) in [5.74, 6) is -1.74. The van der Waals surface area contributed by atoms with Gasteiger partial charge in [-0.3, -0.25) is 14.4 Å². The number of aromatic hydroxyl groups is 1. The van der Waals surface area contributed by atoms with Crippen LogP contribution in [-0.2, 0) is 19.0 Å². The predicted molar refractivity (Wildman–Crippen MR) is 114 cm³/mol. The van der Waals surface area contributed by atoms with Crippen LogP contribution in [0.2, 0.25) is 0 Å². The Labute approximate surface area is 190 Å². The molecule has 0 amide bonds. The highest BCUT2D eigenvalue weighted by Gasteiger charge is 2.51. The van der Waals surface area contributed by atoms with E-state index in [0.717, 1.165) is 0 Å². The molecule has 2 N–H and O–H groups in total. The van der Waals surface area contributed by atoms with Crippen molar-refractivity contribution in [2.75, 3.05) is 14.1 Å². The van der Waals surface area contributed by atoms with Gasteiger partial charge in [-0.15, -0.1) is 0 Å².